The van der Waals surface area contributed by atoms with E-state index < -0.39 is 6.10 Å². The average Bonchev–Trinajstić information content (AvgIpc) is 1.94. The van der Waals surface area contributed by atoms with Crippen molar-refractivity contribution in [2.45, 2.75) is 37.8 Å². The first-order valence-electron chi connectivity index (χ1n) is 4.56. The summed E-state index contributed by atoms with van der Waals surface area (Å²) in [6, 6.07) is 0.0211. The van der Waals surface area contributed by atoms with E-state index in [1.807, 2.05) is 0 Å². The molecule has 0 bridgehead atoms. The van der Waals surface area contributed by atoms with Crippen molar-refractivity contribution in [1.82, 2.24) is 0 Å². The van der Waals surface area contributed by atoms with E-state index in [-0.39, 0.29) is 6.04 Å². The van der Waals surface area contributed by atoms with Crippen LogP contribution in [0.1, 0.15) is 25.7 Å². The van der Waals surface area contributed by atoms with Crippen LogP contribution in [0.5, 0.6) is 0 Å². The molecule has 0 saturated heterocycles. The number of hydrogen-bond acceptors (Lipinski definition) is 2. The summed E-state index contributed by atoms with van der Waals surface area (Å²) in [5.74, 6) is 0.765. The molecule has 0 aromatic heterocycles. The summed E-state index contributed by atoms with van der Waals surface area (Å²) in [4.78, 5) is 0. The van der Waals surface area contributed by atoms with E-state index in [0.29, 0.717) is 5.70 Å². The van der Waals surface area contributed by atoms with Crippen LogP contribution in [-0.2, 0) is 0 Å². The molecule has 2 unspecified atom stereocenters. The van der Waals surface area contributed by atoms with Gasteiger partial charge in [-0.05, 0) is 5.92 Å². The highest BCUT2D eigenvalue weighted by Gasteiger charge is 2.26. The maximum Gasteiger partial charge on any atom is 0.144 e. The minimum absolute atomic E-state index is 0.0211. The fourth-order valence-electron chi connectivity index (χ4n) is 1.59. The highest BCUT2D eigenvalue weighted by Crippen LogP contribution is 2.30. The topological polar surface area (TPSA) is 73.9 Å². The zero-order chi connectivity index (χ0) is 9.14. The van der Waals surface area contributed by atoms with Crippen molar-refractivity contribution in [2.24, 2.45) is 11.7 Å². The predicted molar refractivity (Wildman–Crippen MR) is 48.0 cm³/mol. The number of aliphatic hydroxyl groups is 1. The van der Waals surface area contributed by atoms with E-state index in [2.05, 4.69) is 12.3 Å². The molecular formula is C9H19N2O+. The number of quaternary nitrogens is 1. The van der Waals surface area contributed by atoms with E-state index in [0.717, 1.165) is 12.3 Å². The number of nitrogens with two attached hydrogens (primary N) is 1. The fourth-order valence-corrected chi connectivity index (χ4v) is 1.59. The van der Waals surface area contributed by atoms with Gasteiger partial charge in [0.15, 0.2) is 0 Å². The minimum atomic E-state index is -0.620. The molecule has 70 valence electrons. The number of aliphatic hydroxyl groups excluding tert-OH is 1. The van der Waals surface area contributed by atoms with Crippen LogP contribution in [0.4, 0.5) is 0 Å². The van der Waals surface area contributed by atoms with E-state index in [4.69, 9.17) is 5.73 Å². The summed E-state index contributed by atoms with van der Waals surface area (Å²) in [7, 11) is 0. The van der Waals surface area contributed by atoms with Crippen molar-refractivity contribution in [3.05, 3.63) is 12.3 Å². The first-order chi connectivity index (χ1) is 5.61. The molecule has 1 aliphatic rings. The Kier molecular flexibility index (Phi) is 3.12. The lowest BCUT2D eigenvalue weighted by atomic mass is 9.80. The number of hydrogen-bond donors (Lipinski definition) is 3. The largest absolute Gasteiger partial charge is 0.400 e. The molecule has 1 rings (SSSR count). The SMILES string of the molecule is C=C(N)C(O)C([NH3+])CC1CCC1. The summed E-state index contributed by atoms with van der Waals surface area (Å²) >= 11 is 0. The van der Waals surface area contributed by atoms with Gasteiger partial charge in [-0.15, -0.1) is 0 Å². The fraction of sp³-hybridized carbons (Fsp3) is 0.778. The lowest BCUT2D eigenvalue weighted by Crippen LogP contribution is -2.67. The van der Waals surface area contributed by atoms with Crippen LogP contribution in [0.2, 0.25) is 0 Å². The number of rotatable bonds is 4. The van der Waals surface area contributed by atoms with E-state index in [1.165, 1.54) is 19.3 Å². The molecule has 12 heavy (non-hydrogen) atoms. The predicted octanol–water partition coefficient (Wildman–Crippen LogP) is -0.380. The molecule has 0 spiro atoms. The molecule has 3 heteroatoms. The van der Waals surface area contributed by atoms with E-state index in [9.17, 15) is 5.11 Å². The molecule has 0 aromatic carbocycles. The molecule has 0 amide bonds. The Morgan fingerprint density at radius 3 is 2.58 bits per heavy atom. The van der Waals surface area contributed by atoms with Gasteiger partial charge in [0.1, 0.15) is 12.1 Å². The molecule has 0 aromatic rings. The Morgan fingerprint density at radius 1 is 1.67 bits per heavy atom. The van der Waals surface area contributed by atoms with Crippen LogP contribution >= 0.6 is 0 Å². The van der Waals surface area contributed by atoms with E-state index >= 15 is 0 Å². The average molecular weight is 171 g/mol. The smallest absolute Gasteiger partial charge is 0.144 e. The second-order valence-corrected chi connectivity index (χ2v) is 3.81. The third-order valence-corrected chi connectivity index (χ3v) is 2.69. The highest BCUT2D eigenvalue weighted by molar-refractivity contribution is 4.98. The van der Waals surface area contributed by atoms with Crippen LogP contribution in [-0.4, -0.2) is 17.3 Å². The van der Waals surface area contributed by atoms with Crippen molar-refractivity contribution in [2.75, 3.05) is 0 Å². The molecule has 1 fully saturated rings. The minimum Gasteiger partial charge on any atom is -0.400 e. The lowest BCUT2D eigenvalue weighted by Gasteiger charge is -2.28. The molecule has 6 N–H and O–H groups in total. The van der Waals surface area contributed by atoms with Crippen LogP contribution in [0.15, 0.2) is 12.3 Å². The molecule has 2 atom stereocenters. The van der Waals surface area contributed by atoms with Gasteiger partial charge in [-0.3, -0.25) is 0 Å². The van der Waals surface area contributed by atoms with Crippen molar-refractivity contribution in [3.63, 3.8) is 0 Å². The third kappa shape index (κ3) is 2.22. The summed E-state index contributed by atoms with van der Waals surface area (Å²) in [5.41, 5.74) is 9.62. The maximum atomic E-state index is 9.48. The monoisotopic (exact) mass is 171 g/mol. The molecular weight excluding hydrogens is 152 g/mol. The van der Waals surface area contributed by atoms with Crippen molar-refractivity contribution >= 4 is 0 Å². The Morgan fingerprint density at radius 2 is 2.25 bits per heavy atom. The molecule has 3 nitrogen and oxygen atoms in total. The van der Waals surface area contributed by atoms with Gasteiger partial charge in [0.05, 0.1) is 0 Å². The summed E-state index contributed by atoms with van der Waals surface area (Å²) < 4.78 is 0. The van der Waals surface area contributed by atoms with Gasteiger partial charge in [0.25, 0.3) is 0 Å². The van der Waals surface area contributed by atoms with Crippen molar-refractivity contribution in [1.29, 1.82) is 0 Å². The van der Waals surface area contributed by atoms with Crippen molar-refractivity contribution < 1.29 is 10.8 Å². The van der Waals surface area contributed by atoms with Crippen LogP contribution in [0, 0.1) is 5.92 Å². The zero-order valence-corrected chi connectivity index (χ0v) is 7.50. The lowest BCUT2D eigenvalue weighted by molar-refractivity contribution is -0.438. The molecule has 0 radical (unpaired) electrons. The Balaban J connectivity index is 2.25. The Labute approximate surface area is 73.4 Å². The summed E-state index contributed by atoms with van der Waals surface area (Å²) in [5, 5.41) is 9.48. The zero-order valence-electron chi connectivity index (χ0n) is 7.50. The van der Waals surface area contributed by atoms with Crippen LogP contribution in [0.3, 0.4) is 0 Å². The van der Waals surface area contributed by atoms with Gasteiger partial charge in [0.2, 0.25) is 0 Å². The normalized spacial score (nSPS) is 22.8. The Hall–Kier alpha value is -0.540. The molecule has 1 aliphatic carbocycles. The summed E-state index contributed by atoms with van der Waals surface area (Å²) in [6.07, 6.45) is 4.27. The quantitative estimate of drug-likeness (QED) is 0.539. The van der Waals surface area contributed by atoms with E-state index in [1.54, 1.807) is 0 Å². The first kappa shape index (κ1) is 9.55. The van der Waals surface area contributed by atoms with Gasteiger partial charge in [0, 0.05) is 12.1 Å². The van der Waals surface area contributed by atoms with Crippen LogP contribution < -0.4 is 11.5 Å². The van der Waals surface area contributed by atoms with Gasteiger partial charge < -0.3 is 16.6 Å². The molecule has 0 heterocycles. The van der Waals surface area contributed by atoms with Gasteiger partial charge in [-0.1, -0.05) is 25.8 Å². The second-order valence-electron chi connectivity index (χ2n) is 3.81. The third-order valence-electron chi connectivity index (χ3n) is 2.69. The summed E-state index contributed by atoms with van der Waals surface area (Å²) in [6.45, 7) is 3.52. The highest BCUT2D eigenvalue weighted by atomic mass is 16.3. The maximum absolute atomic E-state index is 9.48. The second kappa shape index (κ2) is 3.92. The van der Waals surface area contributed by atoms with Crippen LogP contribution in [0.25, 0.3) is 0 Å². The Bertz CT molecular complexity index is 166. The van der Waals surface area contributed by atoms with Gasteiger partial charge in [-0.25, -0.2) is 0 Å². The van der Waals surface area contributed by atoms with Gasteiger partial charge >= 0.3 is 0 Å². The molecule has 1 saturated carbocycles. The first-order valence-corrected chi connectivity index (χ1v) is 4.56. The van der Waals surface area contributed by atoms with Gasteiger partial charge in [-0.2, -0.15) is 0 Å². The molecule has 0 aliphatic heterocycles. The van der Waals surface area contributed by atoms with Crippen molar-refractivity contribution in [3.8, 4) is 0 Å². The standard InChI is InChI=1S/C9H18N2O/c1-6(10)9(12)8(11)5-7-3-2-4-7/h7-9,12H,1-5,10-11H2/p+1.